The van der Waals surface area contributed by atoms with Crippen molar-refractivity contribution in [3.63, 3.8) is 0 Å². The number of rotatable bonds is 7. The van der Waals surface area contributed by atoms with E-state index in [4.69, 9.17) is 4.98 Å². The first-order valence-corrected chi connectivity index (χ1v) is 12.9. The zero-order chi connectivity index (χ0) is 21.6. The third-order valence-electron chi connectivity index (χ3n) is 6.92. The van der Waals surface area contributed by atoms with Gasteiger partial charge >= 0.3 is 5.97 Å². The fraction of sp³-hybridized carbons (Fsp3) is 0.708. The fourth-order valence-electron chi connectivity index (χ4n) is 5.23. The van der Waals surface area contributed by atoms with Crippen molar-refractivity contribution in [2.45, 2.75) is 93.4 Å². The molecule has 2 aliphatic carbocycles. The van der Waals surface area contributed by atoms with Crippen LogP contribution in [0.1, 0.15) is 87.4 Å². The quantitative estimate of drug-likeness (QED) is 0.623. The van der Waals surface area contributed by atoms with Gasteiger partial charge in [0.05, 0.1) is 5.56 Å². The minimum Gasteiger partial charge on any atom is -0.481 e. The number of amides is 1. The molecule has 1 amide bonds. The highest BCUT2D eigenvalue weighted by molar-refractivity contribution is 7.99. The second-order valence-corrected chi connectivity index (χ2v) is 10.7. The molecule has 0 aromatic carbocycles. The molecule has 7 heteroatoms. The SMILES string of the molecule is O=C(O)C[C@H]1CCCN(c2ccc(C(=O)NC3CCCCC3)c(SC3CCCC3)n2)C1. The van der Waals surface area contributed by atoms with Crippen LogP contribution in [0, 0.1) is 5.92 Å². The maximum atomic E-state index is 13.1. The molecule has 0 unspecified atom stereocenters. The van der Waals surface area contributed by atoms with Crippen molar-refractivity contribution in [2.24, 2.45) is 5.92 Å². The Hall–Kier alpha value is -1.76. The molecule has 3 aliphatic rings. The zero-order valence-electron chi connectivity index (χ0n) is 18.4. The molecule has 1 aromatic heterocycles. The van der Waals surface area contributed by atoms with E-state index < -0.39 is 5.97 Å². The largest absolute Gasteiger partial charge is 0.481 e. The number of pyridine rings is 1. The Bertz CT molecular complexity index is 775. The number of piperidine rings is 1. The van der Waals surface area contributed by atoms with Gasteiger partial charge in [-0.25, -0.2) is 4.98 Å². The number of carboxylic acids is 1. The van der Waals surface area contributed by atoms with Crippen LogP contribution < -0.4 is 10.2 Å². The maximum absolute atomic E-state index is 13.1. The summed E-state index contributed by atoms with van der Waals surface area (Å²) in [5, 5.41) is 13.8. The van der Waals surface area contributed by atoms with Gasteiger partial charge in [-0.2, -0.15) is 0 Å². The smallest absolute Gasteiger partial charge is 0.303 e. The van der Waals surface area contributed by atoms with Gasteiger partial charge in [0.15, 0.2) is 0 Å². The molecule has 170 valence electrons. The van der Waals surface area contributed by atoms with E-state index >= 15 is 0 Å². The van der Waals surface area contributed by atoms with Gasteiger partial charge in [0.2, 0.25) is 0 Å². The number of thioether (sulfide) groups is 1. The summed E-state index contributed by atoms with van der Waals surface area (Å²) in [5.41, 5.74) is 0.699. The number of hydrogen-bond acceptors (Lipinski definition) is 5. The third-order valence-corrected chi connectivity index (χ3v) is 8.26. The summed E-state index contributed by atoms with van der Waals surface area (Å²) in [6.07, 6.45) is 12.8. The highest BCUT2D eigenvalue weighted by atomic mass is 32.2. The van der Waals surface area contributed by atoms with Gasteiger partial charge in [0.25, 0.3) is 5.91 Å². The standard InChI is InChI=1S/C24H35N3O3S/c28-22(29)15-17-7-6-14-27(16-17)21-13-12-20(23(30)25-18-8-2-1-3-9-18)24(26-21)31-19-10-4-5-11-19/h12-13,17-19H,1-11,14-16H2,(H,25,30)(H,28,29)/t17-/m1/s1. The number of aromatic nitrogens is 1. The summed E-state index contributed by atoms with van der Waals surface area (Å²) in [4.78, 5) is 31.5. The number of carbonyl (C=O) groups is 2. The monoisotopic (exact) mass is 445 g/mol. The summed E-state index contributed by atoms with van der Waals surface area (Å²) in [6, 6.07) is 4.18. The van der Waals surface area contributed by atoms with Crippen molar-refractivity contribution in [1.82, 2.24) is 10.3 Å². The Balaban J connectivity index is 1.52. The third kappa shape index (κ3) is 6.15. The van der Waals surface area contributed by atoms with E-state index in [0.717, 1.165) is 49.6 Å². The van der Waals surface area contributed by atoms with E-state index in [1.54, 1.807) is 11.8 Å². The molecule has 1 aliphatic heterocycles. The molecular weight excluding hydrogens is 410 g/mol. The zero-order valence-corrected chi connectivity index (χ0v) is 19.2. The lowest BCUT2D eigenvalue weighted by Gasteiger charge is -2.33. The van der Waals surface area contributed by atoms with Crippen LogP contribution in [0.2, 0.25) is 0 Å². The molecule has 1 saturated heterocycles. The molecule has 31 heavy (non-hydrogen) atoms. The van der Waals surface area contributed by atoms with Crippen molar-refractivity contribution in [3.05, 3.63) is 17.7 Å². The highest BCUT2D eigenvalue weighted by Crippen LogP contribution is 2.37. The molecule has 2 heterocycles. The Kier molecular flexibility index (Phi) is 7.75. The Labute approximate surface area is 189 Å². The van der Waals surface area contributed by atoms with Gasteiger partial charge in [0.1, 0.15) is 10.8 Å². The van der Waals surface area contributed by atoms with E-state index in [1.807, 2.05) is 12.1 Å². The fourth-order valence-corrected chi connectivity index (χ4v) is 6.55. The number of hydrogen-bond donors (Lipinski definition) is 2. The molecule has 2 saturated carbocycles. The van der Waals surface area contributed by atoms with E-state index in [1.165, 1.54) is 44.9 Å². The van der Waals surface area contributed by atoms with Crippen molar-refractivity contribution in [1.29, 1.82) is 0 Å². The van der Waals surface area contributed by atoms with Gasteiger partial charge in [-0.05, 0) is 56.6 Å². The lowest BCUT2D eigenvalue weighted by molar-refractivity contribution is -0.138. The van der Waals surface area contributed by atoms with Crippen LogP contribution in [0.4, 0.5) is 5.82 Å². The summed E-state index contributed by atoms with van der Waals surface area (Å²) in [7, 11) is 0. The molecule has 3 fully saturated rings. The maximum Gasteiger partial charge on any atom is 0.303 e. The summed E-state index contributed by atoms with van der Waals surface area (Å²) >= 11 is 1.77. The molecule has 1 atom stereocenters. The number of carboxylic acid groups (broad SMARTS) is 1. The molecule has 0 spiro atoms. The van der Waals surface area contributed by atoms with Crippen LogP contribution in [-0.4, -0.2) is 46.3 Å². The molecule has 4 rings (SSSR count). The molecule has 0 bridgehead atoms. The summed E-state index contributed by atoms with van der Waals surface area (Å²) < 4.78 is 0. The Morgan fingerprint density at radius 1 is 1.03 bits per heavy atom. The van der Waals surface area contributed by atoms with Crippen LogP contribution in [-0.2, 0) is 4.79 Å². The van der Waals surface area contributed by atoms with Crippen LogP contribution >= 0.6 is 11.8 Å². The topological polar surface area (TPSA) is 82.5 Å². The van der Waals surface area contributed by atoms with E-state index in [0.29, 0.717) is 10.8 Å². The van der Waals surface area contributed by atoms with E-state index in [2.05, 4.69) is 10.2 Å². The molecule has 0 radical (unpaired) electrons. The number of nitrogens with one attached hydrogen (secondary N) is 1. The lowest BCUT2D eigenvalue weighted by Crippen LogP contribution is -2.38. The number of aliphatic carboxylic acids is 1. The normalized spacial score (nSPS) is 23.1. The van der Waals surface area contributed by atoms with E-state index in [9.17, 15) is 14.7 Å². The average molecular weight is 446 g/mol. The molecular formula is C24H35N3O3S. The van der Waals surface area contributed by atoms with Crippen molar-refractivity contribution < 1.29 is 14.7 Å². The number of carbonyl (C=O) groups excluding carboxylic acids is 1. The Morgan fingerprint density at radius 2 is 1.77 bits per heavy atom. The Morgan fingerprint density at radius 3 is 2.52 bits per heavy atom. The molecule has 2 N–H and O–H groups in total. The first-order valence-electron chi connectivity index (χ1n) is 12.0. The lowest BCUT2D eigenvalue weighted by atomic mass is 9.95. The van der Waals surface area contributed by atoms with Crippen LogP contribution in [0.3, 0.4) is 0 Å². The van der Waals surface area contributed by atoms with Crippen LogP contribution in [0.15, 0.2) is 17.2 Å². The van der Waals surface area contributed by atoms with Gasteiger partial charge in [-0.15, -0.1) is 11.8 Å². The van der Waals surface area contributed by atoms with Gasteiger partial charge in [-0.3, -0.25) is 9.59 Å². The first-order chi connectivity index (χ1) is 15.1. The predicted molar refractivity (Wildman–Crippen MR) is 124 cm³/mol. The van der Waals surface area contributed by atoms with Gasteiger partial charge in [-0.1, -0.05) is 32.1 Å². The first kappa shape index (κ1) is 22.4. The number of nitrogens with zero attached hydrogens (tertiary/aromatic N) is 2. The van der Waals surface area contributed by atoms with Gasteiger partial charge < -0.3 is 15.3 Å². The summed E-state index contributed by atoms with van der Waals surface area (Å²) in [6.45, 7) is 1.62. The predicted octanol–water partition coefficient (Wildman–Crippen LogP) is 4.87. The van der Waals surface area contributed by atoms with Crippen LogP contribution in [0.25, 0.3) is 0 Å². The average Bonchev–Trinajstić information content (AvgIpc) is 3.27. The van der Waals surface area contributed by atoms with Crippen molar-refractivity contribution >= 4 is 29.5 Å². The van der Waals surface area contributed by atoms with Crippen molar-refractivity contribution in [3.8, 4) is 0 Å². The highest BCUT2D eigenvalue weighted by Gasteiger charge is 2.27. The minimum atomic E-state index is -0.730. The second kappa shape index (κ2) is 10.7. The van der Waals surface area contributed by atoms with Crippen LogP contribution in [0.5, 0.6) is 0 Å². The minimum absolute atomic E-state index is 0.00819. The second-order valence-electron chi connectivity index (χ2n) is 9.41. The molecule has 6 nitrogen and oxygen atoms in total. The van der Waals surface area contributed by atoms with E-state index in [-0.39, 0.29) is 24.3 Å². The summed E-state index contributed by atoms with van der Waals surface area (Å²) in [5.74, 6) is 0.318. The molecule has 1 aromatic rings. The van der Waals surface area contributed by atoms with Gasteiger partial charge in [0, 0.05) is 30.8 Å². The number of anilines is 1. The van der Waals surface area contributed by atoms with Crippen molar-refractivity contribution in [2.75, 3.05) is 18.0 Å².